The molecule has 0 amide bonds. The molecule has 0 aromatic heterocycles. The fourth-order valence-corrected chi connectivity index (χ4v) is 1.62. The molecule has 1 aromatic rings. The largest absolute Gasteiger partial charge is 0.381 e. The Hall–Kier alpha value is -1.18. The van der Waals surface area contributed by atoms with Crippen LogP contribution in [0.2, 0.25) is 0 Å². The van der Waals surface area contributed by atoms with Crippen LogP contribution in [-0.4, -0.2) is 12.1 Å². The second-order valence-electron chi connectivity index (χ2n) is 3.94. The van der Waals surface area contributed by atoms with Crippen LogP contribution >= 0.6 is 0 Å². The minimum absolute atomic E-state index is 0.203. The number of benzene rings is 1. The second kappa shape index (κ2) is 2.95. The summed E-state index contributed by atoms with van der Waals surface area (Å²) in [6.45, 7) is 5.46. The third kappa shape index (κ3) is 1.48. The van der Waals surface area contributed by atoms with E-state index in [9.17, 15) is 0 Å². The maximum Gasteiger partial charge on any atom is 0.0580 e. The number of anilines is 2. The van der Waals surface area contributed by atoms with Crippen molar-refractivity contribution in [2.75, 3.05) is 17.2 Å². The number of hydrogen-bond donors (Lipinski definition) is 2. The first kappa shape index (κ1) is 8.42. The van der Waals surface area contributed by atoms with Crippen LogP contribution in [0.15, 0.2) is 24.3 Å². The number of nitrogens with one attached hydrogen (secondary N) is 2. The molecular weight excluding hydrogens is 160 g/mol. The van der Waals surface area contributed by atoms with E-state index in [4.69, 9.17) is 0 Å². The topological polar surface area (TPSA) is 24.1 Å². The predicted octanol–water partition coefficient (Wildman–Crippen LogP) is 2.69. The predicted molar refractivity (Wildman–Crippen MR) is 57.3 cm³/mol. The molecule has 1 atom stereocenters. The van der Waals surface area contributed by atoms with Gasteiger partial charge in [0, 0.05) is 6.54 Å². The van der Waals surface area contributed by atoms with Crippen molar-refractivity contribution in [3.8, 4) is 0 Å². The fourth-order valence-electron chi connectivity index (χ4n) is 1.62. The lowest BCUT2D eigenvalue weighted by Gasteiger charge is -2.37. The van der Waals surface area contributed by atoms with E-state index < -0.39 is 0 Å². The van der Waals surface area contributed by atoms with Gasteiger partial charge in [-0.1, -0.05) is 19.1 Å². The lowest BCUT2D eigenvalue weighted by Crippen LogP contribution is -2.44. The van der Waals surface area contributed by atoms with Crippen molar-refractivity contribution in [3.63, 3.8) is 0 Å². The van der Waals surface area contributed by atoms with Gasteiger partial charge in [-0.2, -0.15) is 0 Å². The molecule has 2 heteroatoms. The molecule has 0 fully saturated rings. The Labute approximate surface area is 79.4 Å². The molecular formula is C11H16N2. The van der Waals surface area contributed by atoms with E-state index >= 15 is 0 Å². The Morgan fingerprint density at radius 1 is 1.31 bits per heavy atom. The normalized spacial score (nSPS) is 25.7. The molecule has 0 radical (unpaired) electrons. The Morgan fingerprint density at radius 2 is 2.00 bits per heavy atom. The average molecular weight is 176 g/mol. The van der Waals surface area contributed by atoms with E-state index in [1.807, 2.05) is 0 Å². The van der Waals surface area contributed by atoms with Crippen LogP contribution in [0.5, 0.6) is 0 Å². The van der Waals surface area contributed by atoms with Crippen LogP contribution in [-0.2, 0) is 0 Å². The SMILES string of the molecule is CCC1(C)CNc2ccccc2N1. The third-order valence-electron chi connectivity index (χ3n) is 2.81. The maximum absolute atomic E-state index is 3.56. The molecule has 1 heterocycles. The quantitative estimate of drug-likeness (QED) is 0.687. The van der Waals surface area contributed by atoms with Crippen molar-refractivity contribution >= 4 is 11.4 Å². The summed E-state index contributed by atoms with van der Waals surface area (Å²) in [7, 11) is 0. The molecule has 2 N–H and O–H groups in total. The van der Waals surface area contributed by atoms with E-state index in [2.05, 4.69) is 48.7 Å². The summed E-state index contributed by atoms with van der Waals surface area (Å²) < 4.78 is 0. The van der Waals surface area contributed by atoms with Gasteiger partial charge in [0.1, 0.15) is 0 Å². The van der Waals surface area contributed by atoms with Gasteiger partial charge in [0.2, 0.25) is 0 Å². The number of hydrogen-bond acceptors (Lipinski definition) is 2. The van der Waals surface area contributed by atoms with Crippen LogP contribution in [0, 0.1) is 0 Å². The van der Waals surface area contributed by atoms with Gasteiger partial charge in [0.05, 0.1) is 16.9 Å². The summed E-state index contributed by atoms with van der Waals surface area (Å²) in [4.78, 5) is 0. The molecule has 70 valence electrons. The molecule has 0 spiro atoms. The first-order valence-electron chi connectivity index (χ1n) is 4.85. The standard InChI is InChI=1S/C11H16N2/c1-3-11(2)8-12-9-6-4-5-7-10(9)13-11/h4-7,12-13H,3,8H2,1-2H3. The van der Waals surface area contributed by atoms with Gasteiger partial charge in [0.15, 0.2) is 0 Å². The van der Waals surface area contributed by atoms with Crippen LogP contribution in [0.25, 0.3) is 0 Å². The van der Waals surface area contributed by atoms with Gasteiger partial charge in [-0.25, -0.2) is 0 Å². The number of fused-ring (bicyclic) bond motifs is 1. The molecule has 0 aliphatic carbocycles. The van der Waals surface area contributed by atoms with Crippen molar-refractivity contribution in [3.05, 3.63) is 24.3 Å². The maximum atomic E-state index is 3.56. The first-order chi connectivity index (χ1) is 6.23. The second-order valence-corrected chi connectivity index (χ2v) is 3.94. The highest BCUT2D eigenvalue weighted by atomic mass is 15.1. The Kier molecular flexibility index (Phi) is 1.91. The molecule has 1 unspecified atom stereocenters. The van der Waals surface area contributed by atoms with E-state index in [-0.39, 0.29) is 5.54 Å². The zero-order valence-corrected chi connectivity index (χ0v) is 8.22. The van der Waals surface area contributed by atoms with Gasteiger partial charge in [-0.05, 0) is 25.5 Å². The average Bonchev–Trinajstić information content (AvgIpc) is 2.18. The van der Waals surface area contributed by atoms with Crippen molar-refractivity contribution in [1.29, 1.82) is 0 Å². The molecule has 1 aliphatic rings. The lowest BCUT2D eigenvalue weighted by atomic mass is 9.95. The Bertz CT molecular complexity index is 309. The van der Waals surface area contributed by atoms with E-state index in [0.29, 0.717) is 0 Å². The highest BCUT2D eigenvalue weighted by Crippen LogP contribution is 2.30. The van der Waals surface area contributed by atoms with Gasteiger partial charge in [-0.3, -0.25) is 0 Å². The zero-order chi connectivity index (χ0) is 9.31. The summed E-state index contributed by atoms with van der Waals surface area (Å²) in [5, 5.41) is 7.00. The summed E-state index contributed by atoms with van der Waals surface area (Å²) >= 11 is 0. The third-order valence-corrected chi connectivity index (χ3v) is 2.81. The highest BCUT2D eigenvalue weighted by molar-refractivity contribution is 5.71. The van der Waals surface area contributed by atoms with Gasteiger partial charge < -0.3 is 10.6 Å². The molecule has 1 aromatic carbocycles. The first-order valence-corrected chi connectivity index (χ1v) is 4.85. The molecule has 0 saturated carbocycles. The summed E-state index contributed by atoms with van der Waals surface area (Å²) in [6, 6.07) is 8.35. The lowest BCUT2D eigenvalue weighted by molar-refractivity contribution is 0.514. The van der Waals surface area contributed by atoms with E-state index in [1.54, 1.807) is 0 Å². The van der Waals surface area contributed by atoms with Gasteiger partial charge >= 0.3 is 0 Å². The molecule has 13 heavy (non-hydrogen) atoms. The fraction of sp³-hybridized carbons (Fsp3) is 0.455. The van der Waals surface area contributed by atoms with Crippen molar-refractivity contribution in [1.82, 2.24) is 0 Å². The van der Waals surface area contributed by atoms with Crippen molar-refractivity contribution in [2.24, 2.45) is 0 Å². The van der Waals surface area contributed by atoms with Crippen molar-refractivity contribution < 1.29 is 0 Å². The smallest absolute Gasteiger partial charge is 0.0580 e. The summed E-state index contributed by atoms with van der Waals surface area (Å²) in [6.07, 6.45) is 1.13. The van der Waals surface area contributed by atoms with Crippen LogP contribution < -0.4 is 10.6 Å². The number of para-hydroxylation sites is 2. The van der Waals surface area contributed by atoms with Crippen molar-refractivity contribution in [2.45, 2.75) is 25.8 Å². The number of rotatable bonds is 1. The highest BCUT2D eigenvalue weighted by Gasteiger charge is 2.26. The molecule has 2 rings (SSSR count). The zero-order valence-electron chi connectivity index (χ0n) is 8.22. The molecule has 1 aliphatic heterocycles. The van der Waals surface area contributed by atoms with Gasteiger partial charge in [-0.15, -0.1) is 0 Å². The summed E-state index contributed by atoms with van der Waals surface area (Å²) in [5.74, 6) is 0. The van der Waals surface area contributed by atoms with E-state index in [0.717, 1.165) is 13.0 Å². The Morgan fingerprint density at radius 3 is 2.69 bits per heavy atom. The summed E-state index contributed by atoms with van der Waals surface area (Å²) in [5.41, 5.74) is 2.64. The molecule has 0 saturated heterocycles. The minimum Gasteiger partial charge on any atom is -0.381 e. The van der Waals surface area contributed by atoms with Gasteiger partial charge in [0.25, 0.3) is 0 Å². The van der Waals surface area contributed by atoms with E-state index in [1.165, 1.54) is 11.4 Å². The van der Waals surface area contributed by atoms with Crippen LogP contribution in [0.4, 0.5) is 11.4 Å². The Balaban J connectivity index is 2.29. The molecule has 0 bridgehead atoms. The minimum atomic E-state index is 0.203. The van der Waals surface area contributed by atoms with Crippen LogP contribution in [0.1, 0.15) is 20.3 Å². The molecule has 2 nitrogen and oxygen atoms in total. The monoisotopic (exact) mass is 176 g/mol. The van der Waals surface area contributed by atoms with Crippen LogP contribution in [0.3, 0.4) is 0 Å².